The van der Waals surface area contributed by atoms with Crippen LogP contribution >= 0.6 is 0 Å². The van der Waals surface area contributed by atoms with Gasteiger partial charge in [0.2, 0.25) is 0 Å². The number of benzene rings is 1. The van der Waals surface area contributed by atoms with Crippen molar-refractivity contribution < 1.29 is 8.78 Å². The van der Waals surface area contributed by atoms with Gasteiger partial charge in [-0.2, -0.15) is 0 Å². The quantitative estimate of drug-likeness (QED) is 0.899. The first-order valence-electron chi connectivity index (χ1n) is 6.72. The van der Waals surface area contributed by atoms with Crippen molar-refractivity contribution in [2.75, 3.05) is 6.54 Å². The molecule has 0 aliphatic carbocycles. The van der Waals surface area contributed by atoms with Crippen LogP contribution in [0.2, 0.25) is 0 Å². The highest BCUT2D eigenvalue weighted by molar-refractivity contribution is 5.32. The van der Waals surface area contributed by atoms with E-state index >= 15 is 0 Å². The highest BCUT2D eigenvalue weighted by Crippen LogP contribution is 2.25. The Morgan fingerprint density at radius 3 is 2.65 bits per heavy atom. The van der Waals surface area contributed by atoms with E-state index in [0.717, 1.165) is 29.8 Å². The summed E-state index contributed by atoms with van der Waals surface area (Å²) in [6, 6.07) is 6.89. The molecule has 1 aromatic carbocycles. The Hall–Kier alpha value is -1.81. The van der Waals surface area contributed by atoms with E-state index in [2.05, 4.69) is 10.3 Å². The standard InChI is InChI=1S/C16H18F2N2/c1-3-8-19-16(12-5-4-11(2)20-10-12)14-9-13(17)6-7-15(14)18/h4-7,9-10,16,19H,3,8H2,1-2H3. The molecule has 1 atom stereocenters. The van der Waals surface area contributed by atoms with Gasteiger partial charge in [0, 0.05) is 17.5 Å². The van der Waals surface area contributed by atoms with Crippen LogP contribution in [0.1, 0.15) is 36.2 Å². The van der Waals surface area contributed by atoms with Crippen LogP contribution in [0.4, 0.5) is 8.78 Å². The van der Waals surface area contributed by atoms with E-state index in [1.54, 1.807) is 6.20 Å². The van der Waals surface area contributed by atoms with Gasteiger partial charge < -0.3 is 5.32 Å². The molecule has 2 nitrogen and oxygen atoms in total. The third-order valence-electron chi connectivity index (χ3n) is 3.14. The van der Waals surface area contributed by atoms with Gasteiger partial charge in [-0.25, -0.2) is 8.78 Å². The van der Waals surface area contributed by atoms with Gasteiger partial charge in [-0.3, -0.25) is 4.98 Å². The molecule has 0 saturated heterocycles. The van der Waals surface area contributed by atoms with Crippen LogP contribution in [-0.2, 0) is 0 Å². The summed E-state index contributed by atoms with van der Waals surface area (Å²) in [5.41, 5.74) is 2.03. The molecule has 0 bridgehead atoms. The van der Waals surface area contributed by atoms with Crippen molar-refractivity contribution in [2.45, 2.75) is 26.3 Å². The lowest BCUT2D eigenvalue weighted by Gasteiger charge is -2.20. The summed E-state index contributed by atoms with van der Waals surface area (Å²) in [5.74, 6) is -0.856. The Bertz CT molecular complexity index is 567. The first-order valence-corrected chi connectivity index (χ1v) is 6.72. The van der Waals surface area contributed by atoms with Gasteiger partial charge in [0.15, 0.2) is 0 Å². The van der Waals surface area contributed by atoms with Gasteiger partial charge in [0.1, 0.15) is 11.6 Å². The van der Waals surface area contributed by atoms with E-state index < -0.39 is 17.7 Å². The monoisotopic (exact) mass is 276 g/mol. The summed E-state index contributed by atoms with van der Waals surface area (Å²) in [4.78, 5) is 4.23. The van der Waals surface area contributed by atoms with E-state index in [9.17, 15) is 8.78 Å². The fourth-order valence-electron chi connectivity index (χ4n) is 2.08. The maximum atomic E-state index is 14.0. The molecule has 0 radical (unpaired) electrons. The maximum absolute atomic E-state index is 14.0. The summed E-state index contributed by atoms with van der Waals surface area (Å²) in [6.45, 7) is 4.63. The van der Waals surface area contributed by atoms with Crippen molar-refractivity contribution in [1.82, 2.24) is 10.3 Å². The van der Waals surface area contributed by atoms with Crippen molar-refractivity contribution >= 4 is 0 Å². The summed E-state index contributed by atoms with van der Waals surface area (Å²) in [5, 5.41) is 3.24. The first-order chi connectivity index (χ1) is 9.61. The van der Waals surface area contributed by atoms with E-state index in [4.69, 9.17) is 0 Å². The molecule has 0 saturated carbocycles. The van der Waals surface area contributed by atoms with Gasteiger partial charge in [0.05, 0.1) is 6.04 Å². The smallest absolute Gasteiger partial charge is 0.128 e. The molecule has 1 unspecified atom stereocenters. The molecule has 0 spiro atoms. The fourth-order valence-corrected chi connectivity index (χ4v) is 2.08. The normalized spacial score (nSPS) is 12.4. The molecule has 20 heavy (non-hydrogen) atoms. The van der Waals surface area contributed by atoms with Gasteiger partial charge in [-0.1, -0.05) is 13.0 Å². The molecule has 106 valence electrons. The van der Waals surface area contributed by atoms with Crippen LogP contribution in [0.5, 0.6) is 0 Å². The number of halogens is 2. The number of nitrogens with zero attached hydrogens (tertiary/aromatic N) is 1. The zero-order valence-corrected chi connectivity index (χ0v) is 11.7. The molecule has 0 aliphatic heterocycles. The Morgan fingerprint density at radius 1 is 1.20 bits per heavy atom. The number of pyridine rings is 1. The van der Waals surface area contributed by atoms with Crippen molar-refractivity contribution in [3.05, 3.63) is 65.0 Å². The molecule has 1 N–H and O–H groups in total. The molecule has 0 amide bonds. The highest BCUT2D eigenvalue weighted by Gasteiger charge is 2.18. The van der Waals surface area contributed by atoms with E-state index in [1.807, 2.05) is 26.0 Å². The predicted octanol–water partition coefficient (Wildman–Crippen LogP) is 3.76. The molecule has 2 rings (SSSR count). The van der Waals surface area contributed by atoms with Crippen LogP contribution in [0.25, 0.3) is 0 Å². The Labute approximate surface area is 117 Å². The van der Waals surface area contributed by atoms with Crippen LogP contribution in [-0.4, -0.2) is 11.5 Å². The maximum Gasteiger partial charge on any atom is 0.128 e. The third kappa shape index (κ3) is 3.39. The lowest BCUT2D eigenvalue weighted by molar-refractivity contribution is 0.534. The summed E-state index contributed by atoms with van der Waals surface area (Å²) < 4.78 is 27.4. The number of hydrogen-bond acceptors (Lipinski definition) is 2. The topological polar surface area (TPSA) is 24.9 Å². The SMILES string of the molecule is CCCNC(c1ccc(C)nc1)c1cc(F)ccc1F. The molecular weight excluding hydrogens is 258 g/mol. The first kappa shape index (κ1) is 14.6. The second-order valence-corrected chi connectivity index (χ2v) is 4.79. The molecule has 1 aromatic heterocycles. The minimum Gasteiger partial charge on any atom is -0.306 e. The molecule has 0 aliphatic rings. The van der Waals surface area contributed by atoms with E-state index in [-0.39, 0.29) is 0 Å². The summed E-state index contributed by atoms with van der Waals surface area (Å²) >= 11 is 0. The number of aryl methyl sites for hydroxylation is 1. The largest absolute Gasteiger partial charge is 0.306 e. The van der Waals surface area contributed by atoms with Gasteiger partial charge in [0.25, 0.3) is 0 Å². The Balaban J connectivity index is 2.41. The van der Waals surface area contributed by atoms with Crippen LogP contribution in [0.3, 0.4) is 0 Å². The zero-order chi connectivity index (χ0) is 14.5. The Morgan fingerprint density at radius 2 is 2.00 bits per heavy atom. The van der Waals surface area contributed by atoms with E-state index in [1.165, 1.54) is 6.07 Å². The van der Waals surface area contributed by atoms with Crippen LogP contribution < -0.4 is 5.32 Å². The van der Waals surface area contributed by atoms with Crippen molar-refractivity contribution in [3.8, 4) is 0 Å². The second kappa shape index (κ2) is 6.57. The van der Waals surface area contributed by atoms with Crippen molar-refractivity contribution in [1.29, 1.82) is 0 Å². The molecule has 2 aromatic rings. The highest BCUT2D eigenvalue weighted by atomic mass is 19.1. The molecular formula is C16H18F2N2. The van der Waals surface area contributed by atoms with Gasteiger partial charge >= 0.3 is 0 Å². The number of hydrogen-bond donors (Lipinski definition) is 1. The minimum atomic E-state index is -0.440. The van der Waals surface area contributed by atoms with E-state index in [0.29, 0.717) is 12.1 Å². The Kier molecular flexibility index (Phi) is 4.79. The van der Waals surface area contributed by atoms with Gasteiger partial charge in [-0.05, 0) is 49.7 Å². The second-order valence-electron chi connectivity index (χ2n) is 4.79. The third-order valence-corrected chi connectivity index (χ3v) is 3.14. The molecule has 4 heteroatoms. The van der Waals surface area contributed by atoms with Crippen LogP contribution in [0, 0.1) is 18.6 Å². The summed E-state index contributed by atoms with van der Waals surface area (Å²) in [6.07, 6.45) is 2.61. The number of nitrogens with one attached hydrogen (secondary N) is 1. The molecule has 0 fully saturated rings. The number of aromatic nitrogens is 1. The number of rotatable bonds is 5. The van der Waals surface area contributed by atoms with Crippen molar-refractivity contribution in [2.24, 2.45) is 0 Å². The average molecular weight is 276 g/mol. The minimum absolute atomic E-state index is 0.309. The van der Waals surface area contributed by atoms with Crippen molar-refractivity contribution in [3.63, 3.8) is 0 Å². The summed E-state index contributed by atoms with van der Waals surface area (Å²) in [7, 11) is 0. The average Bonchev–Trinajstić information content (AvgIpc) is 2.44. The lowest BCUT2D eigenvalue weighted by Crippen LogP contribution is -2.24. The lowest BCUT2D eigenvalue weighted by atomic mass is 9.99. The molecule has 1 heterocycles. The van der Waals surface area contributed by atoms with Crippen LogP contribution in [0.15, 0.2) is 36.5 Å². The predicted molar refractivity (Wildman–Crippen MR) is 75.5 cm³/mol. The fraction of sp³-hybridized carbons (Fsp3) is 0.312. The van der Waals surface area contributed by atoms with Gasteiger partial charge in [-0.15, -0.1) is 0 Å². The zero-order valence-electron chi connectivity index (χ0n) is 11.7.